The van der Waals surface area contributed by atoms with Gasteiger partial charge in [0.2, 0.25) is 5.95 Å². The van der Waals surface area contributed by atoms with Crippen molar-refractivity contribution < 1.29 is 19.4 Å². The molecule has 3 aromatic rings. The predicted octanol–water partition coefficient (Wildman–Crippen LogP) is 3.80. The topological polar surface area (TPSA) is 100 Å². The SMILES string of the molecule is CCOC(=O)c1cc(Nc2nccc(N(C)c3cc(CO)ccc3C)n2)cc(N2CCOCC2)c1. The van der Waals surface area contributed by atoms with Crippen molar-refractivity contribution in [2.75, 3.05) is 55.1 Å². The van der Waals surface area contributed by atoms with Gasteiger partial charge in [-0.25, -0.2) is 9.78 Å². The van der Waals surface area contributed by atoms with Crippen LogP contribution in [0.3, 0.4) is 0 Å². The van der Waals surface area contributed by atoms with Crippen LogP contribution in [0.2, 0.25) is 0 Å². The molecule has 0 amide bonds. The average Bonchev–Trinajstić information content (AvgIpc) is 2.89. The number of aryl methyl sites for hydroxylation is 1. The number of aliphatic hydroxyl groups is 1. The molecule has 0 atom stereocenters. The highest BCUT2D eigenvalue weighted by atomic mass is 16.5. The predicted molar refractivity (Wildman–Crippen MR) is 136 cm³/mol. The van der Waals surface area contributed by atoms with Crippen LogP contribution >= 0.6 is 0 Å². The zero-order chi connectivity index (χ0) is 24.8. The Bertz CT molecular complexity index is 1180. The van der Waals surface area contributed by atoms with E-state index in [1.165, 1.54) is 0 Å². The maximum atomic E-state index is 12.5. The second-order valence-corrected chi connectivity index (χ2v) is 8.29. The molecular weight excluding hydrogens is 446 g/mol. The van der Waals surface area contributed by atoms with Gasteiger partial charge in [-0.2, -0.15) is 4.98 Å². The molecule has 4 rings (SSSR count). The summed E-state index contributed by atoms with van der Waals surface area (Å²) in [4.78, 5) is 25.7. The van der Waals surface area contributed by atoms with E-state index < -0.39 is 0 Å². The Morgan fingerprint density at radius 1 is 1.20 bits per heavy atom. The van der Waals surface area contributed by atoms with E-state index >= 15 is 0 Å². The van der Waals surface area contributed by atoms with Crippen molar-refractivity contribution in [3.8, 4) is 0 Å². The summed E-state index contributed by atoms with van der Waals surface area (Å²) >= 11 is 0. The van der Waals surface area contributed by atoms with Gasteiger partial charge in [-0.05, 0) is 55.3 Å². The number of nitrogens with zero attached hydrogens (tertiary/aromatic N) is 4. The smallest absolute Gasteiger partial charge is 0.338 e. The molecule has 0 unspecified atom stereocenters. The zero-order valence-corrected chi connectivity index (χ0v) is 20.3. The highest BCUT2D eigenvalue weighted by molar-refractivity contribution is 5.92. The van der Waals surface area contributed by atoms with Crippen molar-refractivity contribution in [1.29, 1.82) is 0 Å². The third kappa shape index (κ3) is 5.87. The van der Waals surface area contributed by atoms with Gasteiger partial charge < -0.3 is 29.7 Å². The fourth-order valence-corrected chi connectivity index (χ4v) is 3.98. The molecule has 1 fully saturated rings. The largest absolute Gasteiger partial charge is 0.462 e. The van der Waals surface area contributed by atoms with Crippen molar-refractivity contribution in [1.82, 2.24) is 9.97 Å². The Balaban J connectivity index is 1.63. The van der Waals surface area contributed by atoms with E-state index in [-0.39, 0.29) is 12.6 Å². The van der Waals surface area contributed by atoms with E-state index in [0.29, 0.717) is 42.8 Å². The number of rotatable bonds is 8. The lowest BCUT2D eigenvalue weighted by Gasteiger charge is -2.29. The molecule has 0 aliphatic carbocycles. The van der Waals surface area contributed by atoms with E-state index in [9.17, 15) is 9.90 Å². The van der Waals surface area contributed by atoms with Crippen molar-refractivity contribution in [3.05, 3.63) is 65.4 Å². The van der Waals surface area contributed by atoms with E-state index in [2.05, 4.69) is 20.2 Å². The van der Waals surface area contributed by atoms with Crippen LogP contribution in [0.1, 0.15) is 28.4 Å². The second kappa shape index (κ2) is 11.2. The first-order valence-electron chi connectivity index (χ1n) is 11.7. The van der Waals surface area contributed by atoms with Gasteiger partial charge in [-0.1, -0.05) is 12.1 Å². The minimum Gasteiger partial charge on any atom is -0.462 e. The summed E-state index contributed by atoms with van der Waals surface area (Å²) in [5, 5.41) is 12.8. The van der Waals surface area contributed by atoms with Gasteiger partial charge in [0.15, 0.2) is 0 Å². The van der Waals surface area contributed by atoms with E-state index in [1.54, 1.807) is 19.2 Å². The number of anilines is 5. The standard InChI is InChI=1S/C26H31N5O4/c1-4-35-25(33)20-14-21(16-22(15-20)31-9-11-34-12-10-31)28-26-27-8-7-24(29-26)30(3)23-13-19(17-32)6-5-18(23)2/h5-8,13-16,32H,4,9-12,17H2,1-3H3,(H,27,28,29). The molecule has 0 radical (unpaired) electrons. The average molecular weight is 478 g/mol. The summed E-state index contributed by atoms with van der Waals surface area (Å²) in [7, 11) is 1.92. The van der Waals surface area contributed by atoms with Gasteiger partial charge in [-0.15, -0.1) is 0 Å². The fourth-order valence-electron chi connectivity index (χ4n) is 3.98. The number of carbonyl (C=O) groups excluding carboxylic acids is 1. The first kappa shape index (κ1) is 24.4. The number of hydrogen-bond acceptors (Lipinski definition) is 9. The quantitative estimate of drug-likeness (QED) is 0.469. The number of hydrogen-bond donors (Lipinski definition) is 2. The number of morpholine rings is 1. The van der Waals surface area contributed by atoms with Crippen molar-refractivity contribution in [3.63, 3.8) is 0 Å². The Morgan fingerprint density at radius 2 is 2.00 bits per heavy atom. The highest BCUT2D eigenvalue weighted by Crippen LogP contribution is 2.29. The third-order valence-electron chi connectivity index (χ3n) is 5.86. The van der Waals surface area contributed by atoms with Crippen LogP contribution in [-0.2, 0) is 16.1 Å². The number of esters is 1. The van der Waals surface area contributed by atoms with E-state index in [1.807, 2.05) is 55.3 Å². The molecule has 35 heavy (non-hydrogen) atoms. The van der Waals surface area contributed by atoms with Gasteiger partial charge in [0.05, 0.1) is 32.0 Å². The molecule has 2 aromatic carbocycles. The molecule has 9 heteroatoms. The number of ether oxygens (including phenoxy) is 2. The van der Waals surface area contributed by atoms with Gasteiger partial charge in [0.1, 0.15) is 5.82 Å². The number of aromatic nitrogens is 2. The van der Waals surface area contributed by atoms with Crippen molar-refractivity contribution in [2.45, 2.75) is 20.5 Å². The lowest BCUT2D eigenvalue weighted by atomic mass is 10.1. The van der Waals surface area contributed by atoms with Gasteiger partial charge >= 0.3 is 5.97 Å². The molecule has 2 heterocycles. The molecule has 9 nitrogen and oxygen atoms in total. The zero-order valence-electron chi connectivity index (χ0n) is 20.3. The first-order valence-corrected chi connectivity index (χ1v) is 11.7. The number of benzene rings is 2. The number of nitrogens with one attached hydrogen (secondary N) is 1. The first-order chi connectivity index (χ1) is 17.0. The van der Waals surface area contributed by atoms with E-state index in [4.69, 9.17) is 9.47 Å². The Labute approximate surface area is 205 Å². The Kier molecular flexibility index (Phi) is 7.79. The summed E-state index contributed by atoms with van der Waals surface area (Å²) < 4.78 is 10.7. The monoisotopic (exact) mass is 477 g/mol. The van der Waals surface area contributed by atoms with Crippen LogP contribution in [0.5, 0.6) is 0 Å². The minimum atomic E-state index is -0.376. The second-order valence-electron chi connectivity index (χ2n) is 8.29. The summed E-state index contributed by atoms with van der Waals surface area (Å²) in [5.41, 5.74) is 4.90. The van der Waals surface area contributed by atoms with Gasteiger partial charge in [0.25, 0.3) is 0 Å². The molecule has 1 aliphatic heterocycles. The Hall–Kier alpha value is -3.69. The minimum absolute atomic E-state index is 0.0278. The molecule has 0 saturated carbocycles. The van der Waals surface area contributed by atoms with Crippen molar-refractivity contribution in [2.24, 2.45) is 0 Å². The maximum absolute atomic E-state index is 12.5. The fraction of sp³-hybridized carbons (Fsp3) is 0.346. The summed E-state index contributed by atoms with van der Waals surface area (Å²) in [6.07, 6.45) is 1.68. The highest BCUT2D eigenvalue weighted by Gasteiger charge is 2.17. The Morgan fingerprint density at radius 3 is 2.74 bits per heavy atom. The van der Waals surface area contributed by atoms with E-state index in [0.717, 1.165) is 35.6 Å². The third-order valence-corrected chi connectivity index (χ3v) is 5.86. The molecule has 0 spiro atoms. The van der Waals surface area contributed by atoms with Gasteiger partial charge in [-0.3, -0.25) is 0 Å². The molecule has 0 bridgehead atoms. The molecule has 1 saturated heterocycles. The lowest BCUT2D eigenvalue weighted by Crippen LogP contribution is -2.36. The lowest BCUT2D eigenvalue weighted by molar-refractivity contribution is 0.0526. The molecule has 1 aliphatic rings. The van der Waals surface area contributed by atoms with Crippen LogP contribution in [0.25, 0.3) is 0 Å². The van der Waals surface area contributed by atoms with Crippen LogP contribution in [0.15, 0.2) is 48.7 Å². The number of aliphatic hydroxyl groups excluding tert-OH is 1. The van der Waals surface area contributed by atoms with Crippen molar-refractivity contribution >= 4 is 34.8 Å². The summed E-state index contributed by atoms with van der Waals surface area (Å²) in [6, 6.07) is 13.2. The summed E-state index contributed by atoms with van der Waals surface area (Å²) in [5.74, 6) is 0.717. The van der Waals surface area contributed by atoms with Crippen LogP contribution < -0.4 is 15.1 Å². The molecule has 184 valence electrons. The normalized spacial score (nSPS) is 13.4. The van der Waals surface area contributed by atoms with Crippen LogP contribution in [-0.4, -0.2) is 61.0 Å². The van der Waals surface area contributed by atoms with Gasteiger partial charge in [0, 0.05) is 43.4 Å². The summed E-state index contributed by atoms with van der Waals surface area (Å²) in [6.45, 7) is 6.85. The molecule has 1 aromatic heterocycles. The molecule has 2 N–H and O–H groups in total. The van der Waals surface area contributed by atoms with Crippen LogP contribution in [0, 0.1) is 6.92 Å². The number of carbonyl (C=O) groups is 1. The van der Waals surface area contributed by atoms with Crippen LogP contribution in [0.4, 0.5) is 28.8 Å². The maximum Gasteiger partial charge on any atom is 0.338 e. The molecular formula is C26H31N5O4.